The van der Waals surface area contributed by atoms with E-state index in [2.05, 4.69) is 10.3 Å². The third-order valence-electron chi connectivity index (χ3n) is 3.90. The first-order valence-corrected chi connectivity index (χ1v) is 7.75. The highest BCUT2D eigenvalue weighted by Gasteiger charge is 2.20. The molecule has 0 spiro atoms. The number of H-pyrrole nitrogens is 1. The van der Waals surface area contributed by atoms with Crippen LogP contribution in [0.3, 0.4) is 0 Å². The van der Waals surface area contributed by atoms with E-state index in [1.165, 1.54) is 0 Å². The minimum absolute atomic E-state index is 0.177. The SMILES string of the molecule is O=C(COC(=O)c1[nH]c2ccccc2c1Cl)NC1CCCC1. The molecule has 0 aliphatic heterocycles. The predicted octanol–water partition coefficient (Wildman–Crippen LogP) is 3.04. The fourth-order valence-corrected chi connectivity index (χ4v) is 3.08. The minimum Gasteiger partial charge on any atom is -0.451 e. The summed E-state index contributed by atoms with van der Waals surface area (Å²) in [6, 6.07) is 7.54. The van der Waals surface area contributed by atoms with Crippen molar-refractivity contribution >= 4 is 34.4 Å². The first-order chi connectivity index (χ1) is 10.6. The van der Waals surface area contributed by atoms with Crippen LogP contribution in [0.1, 0.15) is 36.2 Å². The normalized spacial score (nSPS) is 15.1. The molecule has 3 rings (SSSR count). The smallest absolute Gasteiger partial charge is 0.356 e. The highest BCUT2D eigenvalue weighted by Crippen LogP contribution is 2.27. The fourth-order valence-electron chi connectivity index (χ4n) is 2.79. The van der Waals surface area contributed by atoms with Gasteiger partial charge in [-0.2, -0.15) is 0 Å². The molecule has 0 radical (unpaired) electrons. The lowest BCUT2D eigenvalue weighted by molar-refractivity contribution is -0.124. The molecular weight excluding hydrogens is 304 g/mol. The lowest BCUT2D eigenvalue weighted by atomic mass is 10.2. The zero-order valence-corrected chi connectivity index (χ0v) is 12.8. The Morgan fingerprint density at radius 3 is 2.73 bits per heavy atom. The van der Waals surface area contributed by atoms with Crippen LogP contribution in [0.4, 0.5) is 0 Å². The van der Waals surface area contributed by atoms with Crippen LogP contribution in [-0.4, -0.2) is 29.5 Å². The number of aromatic amines is 1. The highest BCUT2D eigenvalue weighted by atomic mass is 35.5. The van der Waals surface area contributed by atoms with Gasteiger partial charge in [-0.05, 0) is 18.9 Å². The number of ether oxygens (including phenoxy) is 1. The summed E-state index contributed by atoms with van der Waals surface area (Å²) in [6.07, 6.45) is 4.26. The summed E-state index contributed by atoms with van der Waals surface area (Å²) in [7, 11) is 0. The molecule has 1 saturated carbocycles. The maximum Gasteiger partial charge on any atom is 0.356 e. The van der Waals surface area contributed by atoms with Crippen molar-refractivity contribution in [2.45, 2.75) is 31.7 Å². The van der Waals surface area contributed by atoms with Crippen molar-refractivity contribution < 1.29 is 14.3 Å². The Morgan fingerprint density at radius 2 is 2.00 bits per heavy atom. The number of fused-ring (bicyclic) bond motifs is 1. The summed E-state index contributed by atoms with van der Waals surface area (Å²) in [5, 5.41) is 3.94. The van der Waals surface area contributed by atoms with Crippen molar-refractivity contribution in [3.63, 3.8) is 0 Å². The van der Waals surface area contributed by atoms with Gasteiger partial charge < -0.3 is 15.0 Å². The van der Waals surface area contributed by atoms with Crippen molar-refractivity contribution in [3.8, 4) is 0 Å². The van der Waals surface area contributed by atoms with Gasteiger partial charge in [-0.25, -0.2) is 4.79 Å². The second-order valence-corrected chi connectivity index (χ2v) is 5.86. The van der Waals surface area contributed by atoms with Gasteiger partial charge in [0.25, 0.3) is 5.91 Å². The Morgan fingerprint density at radius 1 is 1.27 bits per heavy atom. The number of hydrogen-bond donors (Lipinski definition) is 2. The number of aromatic nitrogens is 1. The number of benzene rings is 1. The van der Waals surface area contributed by atoms with Gasteiger partial charge in [0, 0.05) is 16.9 Å². The monoisotopic (exact) mass is 320 g/mol. The van der Waals surface area contributed by atoms with E-state index < -0.39 is 5.97 Å². The molecule has 1 aromatic carbocycles. The molecule has 0 bridgehead atoms. The molecule has 1 aromatic heterocycles. The summed E-state index contributed by atoms with van der Waals surface area (Å²) in [4.78, 5) is 26.7. The van der Waals surface area contributed by atoms with E-state index in [1.54, 1.807) is 0 Å². The summed E-state index contributed by atoms with van der Waals surface area (Å²) in [5.74, 6) is -0.893. The number of para-hydroxylation sites is 1. The molecule has 1 fully saturated rings. The average Bonchev–Trinajstić information content (AvgIpc) is 3.13. The third-order valence-corrected chi connectivity index (χ3v) is 4.29. The van der Waals surface area contributed by atoms with E-state index in [9.17, 15) is 9.59 Å². The number of esters is 1. The van der Waals surface area contributed by atoms with Crippen LogP contribution in [0.2, 0.25) is 5.02 Å². The van der Waals surface area contributed by atoms with Gasteiger partial charge in [-0.3, -0.25) is 4.79 Å². The van der Waals surface area contributed by atoms with Crippen molar-refractivity contribution in [1.29, 1.82) is 0 Å². The van der Waals surface area contributed by atoms with Gasteiger partial charge in [-0.1, -0.05) is 42.6 Å². The third kappa shape index (κ3) is 3.09. The van der Waals surface area contributed by atoms with E-state index in [-0.39, 0.29) is 24.2 Å². The number of amides is 1. The first-order valence-electron chi connectivity index (χ1n) is 7.38. The number of nitrogens with one attached hydrogen (secondary N) is 2. The number of rotatable bonds is 4. The van der Waals surface area contributed by atoms with E-state index in [0.717, 1.165) is 36.6 Å². The van der Waals surface area contributed by atoms with Crippen molar-refractivity contribution in [1.82, 2.24) is 10.3 Å². The lowest BCUT2D eigenvalue weighted by Gasteiger charge is -2.11. The molecule has 1 aliphatic rings. The molecule has 2 aromatic rings. The van der Waals surface area contributed by atoms with E-state index in [1.807, 2.05) is 24.3 Å². The molecular formula is C16H17ClN2O3. The standard InChI is InChI=1S/C16H17ClN2O3/c17-14-11-7-3-4-8-12(11)19-15(14)16(21)22-9-13(20)18-10-5-1-2-6-10/h3-4,7-8,10,19H,1-2,5-6,9H2,(H,18,20). The molecule has 2 N–H and O–H groups in total. The summed E-state index contributed by atoms with van der Waals surface area (Å²) in [6.45, 7) is -0.291. The largest absolute Gasteiger partial charge is 0.451 e. The number of hydrogen-bond acceptors (Lipinski definition) is 3. The number of carbonyl (C=O) groups is 2. The van der Waals surface area contributed by atoms with Crippen LogP contribution in [-0.2, 0) is 9.53 Å². The topological polar surface area (TPSA) is 71.2 Å². The van der Waals surface area contributed by atoms with Crippen molar-refractivity contribution in [2.75, 3.05) is 6.61 Å². The van der Waals surface area contributed by atoms with E-state index in [0.29, 0.717) is 5.02 Å². The second-order valence-electron chi connectivity index (χ2n) is 5.48. The molecule has 1 aliphatic carbocycles. The lowest BCUT2D eigenvalue weighted by Crippen LogP contribution is -2.35. The minimum atomic E-state index is -0.622. The Balaban J connectivity index is 1.61. The first kappa shape index (κ1) is 14.9. The zero-order valence-electron chi connectivity index (χ0n) is 12.0. The number of halogens is 1. The van der Waals surface area contributed by atoms with Crippen molar-refractivity contribution in [2.24, 2.45) is 0 Å². The van der Waals surface area contributed by atoms with Crippen LogP contribution < -0.4 is 5.32 Å². The summed E-state index contributed by atoms with van der Waals surface area (Å²) < 4.78 is 5.04. The van der Waals surface area contributed by atoms with Crippen molar-refractivity contribution in [3.05, 3.63) is 35.0 Å². The van der Waals surface area contributed by atoms with Gasteiger partial charge >= 0.3 is 5.97 Å². The van der Waals surface area contributed by atoms with Crippen LogP contribution >= 0.6 is 11.6 Å². The molecule has 6 heteroatoms. The Bertz CT molecular complexity index is 704. The van der Waals surface area contributed by atoms with Gasteiger partial charge in [-0.15, -0.1) is 0 Å². The molecule has 5 nitrogen and oxygen atoms in total. The van der Waals surface area contributed by atoms with Crippen LogP contribution in [0.15, 0.2) is 24.3 Å². The van der Waals surface area contributed by atoms with Gasteiger partial charge in [0.2, 0.25) is 0 Å². The quantitative estimate of drug-likeness (QED) is 0.851. The number of carbonyl (C=O) groups excluding carboxylic acids is 2. The molecule has 116 valence electrons. The molecule has 1 amide bonds. The Kier molecular flexibility index (Phi) is 4.34. The molecule has 22 heavy (non-hydrogen) atoms. The Hall–Kier alpha value is -2.01. The average molecular weight is 321 g/mol. The van der Waals surface area contributed by atoms with E-state index >= 15 is 0 Å². The molecule has 1 heterocycles. The maximum atomic E-state index is 12.1. The zero-order chi connectivity index (χ0) is 15.5. The van der Waals surface area contributed by atoms with Gasteiger partial charge in [0.1, 0.15) is 5.69 Å². The Labute approximate surface area is 133 Å². The maximum absolute atomic E-state index is 12.1. The summed E-state index contributed by atoms with van der Waals surface area (Å²) in [5.41, 5.74) is 0.936. The van der Waals surface area contributed by atoms with Gasteiger partial charge in [0.05, 0.1) is 5.02 Å². The second kappa shape index (κ2) is 6.40. The fraction of sp³-hybridized carbons (Fsp3) is 0.375. The van der Waals surface area contributed by atoms with E-state index in [4.69, 9.17) is 16.3 Å². The highest BCUT2D eigenvalue weighted by molar-refractivity contribution is 6.38. The predicted molar refractivity (Wildman–Crippen MR) is 84.0 cm³/mol. The van der Waals surface area contributed by atoms with Gasteiger partial charge in [0.15, 0.2) is 6.61 Å². The van der Waals surface area contributed by atoms with Crippen LogP contribution in [0.5, 0.6) is 0 Å². The molecule has 0 unspecified atom stereocenters. The molecule has 0 atom stereocenters. The van der Waals surface area contributed by atoms with Crippen LogP contribution in [0, 0.1) is 0 Å². The molecule has 0 saturated heterocycles. The van der Waals surface area contributed by atoms with Crippen LogP contribution in [0.25, 0.3) is 10.9 Å². The summed E-state index contributed by atoms with van der Waals surface area (Å²) >= 11 is 6.17.